The first-order chi connectivity index (χ1) is 17.6. The lowest BCUT2D eigenvalue weighted by molar-refractivity contribution is -0.148. The van der Waals surface area contributed by atoms with Gasteiger partial charge in [0.1, 0.15) is 18.1 Å². The van der Waals surface area contributed by atoms with Crippen molar-refractivity contribution in [2.24, 2.45) is 0 Å². The summed E-state index contributed by atoms with van der Waals surface area (Å²) in [6.07, 6.45) is -2.70. The Morgan fingerprint density at radius 1 is 1.27 bits per heavy atom. The van der Waals surface area contributed by atoms with Gasteiger partial charge in [-0.25, -0.2) is 9.97 Å². The zero-order valence-corrected chi connectivity index (χ0v) is 20.7. The maximum atomic E-state index is 13.8. The summed E-state index contributed by atoms with van der Waals surface area (Å²) in [5.74, 6) is -1.80. The Bertz CT molecular complexity index is 1550. The van der Waals surface area contributed by atoms with Gasteiger partial charge >= 0.3 is 6.18 Å². The molecule has 0 saturated carbocycles. The number of carbonyl (C=O) groups excluding carboxylic acids is 1. The van der Waals surface area contributed by atoms with E-state index in [2.05, 4.69) is 20.6 Å². The number of carbonyl (C=O) groups is 1. The number of amides is 1. The number of thiophene rings is 1. The highest BCUT2D eigenvalue weighted by atomic mass is 35.5. The molecule has 0 saturated heterocycles. The Kier molecular flexibility index (Phi) is 6.54. The van der Waals surface area contributed by atoms with E-state index in [4.69, 9.17) is 17.3 Å². The van der Waals surface area contributed by atoms with Crippen LogP contribution in [-0.2, 0) is 30.5 Å². The summed E-state index contributed by atoms with van der Waals surface area (Å²) in [7, 11) is 0. The van der Waals surface area contributed by atoms with Crippen LogP contribution in [0.4, 0.5) is 24.7 Å². The number of nitrogens with one attached hydrogen (secondary N) is 2. The van der Waals surface area contributed by atoms with Crippen LogP contribution in [0.1, 0.15) is 34.4 Å². The molecule has 1 atom stereocenters. The van der Waals surface area contributed by atoms with Crippen molar-refractivity contribution in [3.8, 4) is 0 Å². The number of nitrogens with zero attached hydrogens (tertiary/aromatic N) is 3. The third kappa shape index (κ3) is 5.25. The number of halogens is 4. The van der Waals surface area contributed by atoms with Crippen LogP contribution in [0.5, 0.6) is 0 Å². The van der Waals surface area contributed by atoms with E-state index in [1.807, 2.05) is 0 Å². The molecule has 3 aromatic heterocycles. The van der Waals surface area contributed by atoms with Crippen molar-refractivity contribution in [3.63, 3.8) is 0 Å². The second-order valence-electron chi connectivity index (χ2n) is 8.57. The number of anilines is 2. The highest BCUT2D eigenvalue weighted by molar-refractivity contribution is 7.19. The summed E-state index contributed by atoms with van der Waals surface area (Å²) < 4.78 is 42.7. The maximum Gasteiger partial charge on any atom is 0.449 e. The van der Waals surface area contributed by atoms with Crippen molar-refractivity contribution in [2.45, 2.75) is 38.1 Å². The summed E-state index contributed by atoms with van der Waals surface area (Å²) >= 11 is 7.32. The van der Waals surface area contributed by atoms with E-state index in [1.54, 1.807) is 42.6 Å². The summed E-state index contributed by atoms with van der Waals surface area (Å²) in [6, 6.07) is 10.2. The van der Waals surface area contributed by atoms with E-state index < -0.39 is 30.0 Å². The first-order valence-electron chi connectivity index (χ1n) is 11.2. The SMILES string of the molecule is Nc1cc2sc(CNC(=O)Cn3c(C(F)(F)F)nc4c(c3=O)N[C@H](c3ccc(Cl)cc3)CC4)cc2cn1. The van der Waals surface area contributed by atoms with Crippen LogP contribution >= 0.6 is 22.9 Å². The second-order valence-corrected chi connectivity index (χ2v) is 10.2. The number of aryl methyl sites for hydroxylation is 1. The number of hydrogen-bond donors (Lipinski definition) is 3. The predicted octanol–water partition coefficient (Wildman–Crippen LogP) is 4.52. The molecule has 0 radical (unpaired) electrons. The average Bonchev–Trinajstić information content (AvgIpc) is 3.26. The van der Waals surface area contributed by atoms with Gasteiger partial charge in [0.2, 0.25) is 11.7 Å². The zero-order valence-electron chi connectivity index (χ0n) is 19.1. The molecule has 0 fully saturated rings. The first kappa shape index (κ1) is 25.0. The quantitative estimate of drug-likeness (QED) is 0.338. The molecule has 1 aliphatic heterocycles. The molecule has 4 heterocycles. The molecule has 13 heteroatoms. The lowest BCUT2D eigenvalue weighted by Crippen LogP contribution is -2.39. The number of rotatable bonds is 5. The van der Waals surface area contributed by atoms with Gasteiger partial charge in [0, 0.05) is 26.2 Å². The van der Waals surface area contributed by atoms with E-state index in [9.17, 15) is 22.8 Å². The van der Waals surface area contributed by atoms with Crippen molar-refractivity contribution < 1.29 is 18.0 Å². The summed E-state index contributed by atoms with van der Waals surface area (Å²) in [5.41, 5.74) is 5.55. The van der Waals surface area contributed by atoms with Crippen molar-refractivity contribution in [1.29, 1.82) is 0 Å². The molecule has 1 aliphatic rings. The second kappa shape index (κ2) is 9.67. The minimum Gasteiger partial charge on any atom is -0.384 e. The summed E-state index contributed by atoms with van der Waals surface area (Å²) in [4.78, 5) is 34.4. The fraction of sp³-hybridized carbons (Fsp3) is 0.250. The van der Waals surface area contributed by atoms with Gasteiger partial charge < -0.3 is 16.4 Å². The Balaban J connectivity index is 1.39. The number of benzene rings is 1. The predicted molar refractivity (Wildman–Crippen MR) is 136 cm³/mol. The van der Waals surface area contributed by atoms with Gasteiger partial charge in [-0.1, -0.05) is 23.7 Å². The van der Waals surface area contributed by atoms with E-state index >= 15 is 0 Å². The molecule has 8 nitrogen and oxygen atoms in total. The molecule has 5 rings (SSSR count). The number of nitrogen functional groups attached to an aromatic ring is 1. The van der Waals surface area contributed by atoms with Crippen LogP contribution in [0.15, 0.2) is 47.4 Å². The Labute approximate surface area is 217 Å². The number of nitrogens with two attached hydrogens (primary N) is 1. The monoisotopic (exact) mass is 548 g/mol. The lowest BCUT2D eigenvalue weighted by atomic mass is 9.96. The van der Waals surface area contributed by atoms with Crippen molar-refractivity contribution in [3.05, 3.63) is 79.9 Å². The van der Waals surface area contributed by atoms with Crippen LogP contribution in [0, 0.1) is 0 Å². The highest BCUT2D eigenvalue weighted by Gasteiger charge is 2.39. The fourth-order valence-corrected chi connectivity index (χ4v) is 5.38. The number of hydrogen-bond acceptors (Lipinski definition) is 7. The molecular weight excluding hydrogens is 529 g/mol. The van der Waals surface area contributed by atoms with Crippen molar-refractivity contribution in [1.82, 2.24) is 19.9 Å². The third-order valence-corrected chi connectivity index (χ3v) is 7.34. The van der Waals surface area contributed by atoms with Crippen molar-refractivity contribution in [2.75, 3.05) is 11.1 Å². The molecule has 0 bridgehead atoms. The standard InChI is InChI=1S/C24H20ClF3N6O2S/c25-14-3-1-12(2-4-14)16-5-6-17-21(32-16)22(36)34(23(33-17)24(26,27)28)11-20(35)31-10-15-7-13-9-30-19(29)8-18(13)37-15/h1-4,7-9,16,32H,5-6,10-11H2,(H2,29,30)(H,31,35)/t16-/m0/s1. The molecule has 1 aromatic carbocycles. The van der Waals surface area contributed by atoms with E-state index in [1.165, 1.54) is 11.3 Å². The van der Waals surface area contributed by atoms with Crippen LogP contribution in [0.2, 0.25) is 5.02 Å². The molecule has 0 spiro atoms. The van der Waals surface area contributed by atoms with Crippen LogP contribution in [0.3, 0.4) is 0 Å². The van der Waals surface area contributed by atoms with E-state index in [0.29, 0.717) is 21.8 Å². The minimum absolute atomic E-state index is 0.0253. The van der Waals surface area contributed by atoms with Gasteiger partial charge in [0.25, 0.3) is 5.56 Å². The molecule has 4 aromatic rings. The van der Waals surface area contributed by atoms with Crippen LogP contribution in [0.25, 0.3) is 10.1 Å². The van der Waals surface area contributed by atoms with Gasteiger partial charge in [-0.2, -0.15) is 13.2 Å². The van der Waals surface area contributed by atoms with Crippen molar-refractivity contribution >= 4 is 50.4 Å². The number of fused-ring (bicyclic) bond motifs is 2. The molecule has 192 valence electrons. The zero-order chi connectivity index (χ0) is 26.3. The Morgan fingerprint density at radius 3 is 2.76 bits per heavy atom. The minimum atomic E-state index is -4.92. The maximum absolute atomic E-state index is 13.8. The Hall–Kier alpha value is -3.64. The lowest BCUT2D eigenvalue weighted by Gasteiger charge is -2.28. The van der Waals surface area contributed by atoms with E-state index in [0.717, 1.165) is 20.5 Å². The van der Waals surface area contributed by atoms with Gasteiger partial charge in [0.15, 0.2) is 0 Å². The molecule has 1 amide bonds. The largest absolute Gasteiger partial charge is 0.449 e. The fourth-order valence-electron chi connectivity index (χ4n) is 4.24. The van der Waals surface area contributed by atoms with Gasteiger partial charge in [-0.3, -0.25) is 14.2 Å². The molecule has 0 aliphatic carbocycles. The van der Waals surface area contributed by atoms with Crippen LogP contribution in [-0.4, -0.2) is 20.4 Å². The number of pyridine rings is 1. The topological polar surface area (TPSA) is 115 Å². The van der Waals surface area contributed by atoms with Crippen LogP contribution < -0.4 is 21.9 Å². The first-order valence-corrected chi connectivity index (χ1v) is 12.4. The molecular formula is C24H20ClF3N6O2S. The molecule has 0 unspecified atom stereocenters. The van der Waals surface area contributed by atoms with Gasteiger partial charge in [-0.15, -0.1) is 11.3 Å². The normalized spacial score (nSPS) is 15.3. The highest BCUT2D eigenvalue weighted by Crippen LogP contribution is 2.33. The van der Waals surface area contributed by atoms with Gasteiger partial charge in [-0.05, 0) is 42.7 Å². The van der Waals surface area contributed by atoms with Gasteiger partial charge in [0.05, 0.1) is 18.3 Å². The molecule has 4 N–H and O–H groups in total. The summed E-state index contributed by atoms with van der Waals surface area (Å²) in [5, 5.41) is 6.97. The number of aromatic nitrogens is 3. The number of alkyl halides is 3. The van der Waals surface area contributed by atoms with E-state index in [-0.39, 0.29) is 30.4 Å². The summed E-state index contributed by atoms with van der Waals surface area (Å²) in [6.45, 7) is -0.760. The molecule has 37 heavy (non-hydrogen) atoms. The third-order valence-electron chi connectivity index (χ3n) is 5.99. The average molecular weight is 549 g/mol. The smallest absolute Gasteiger partial charge is 0.384 e. The Morgan fingerprint density at radius 2 is 2.03 bits per heavy atom.